The number of carbonyl (C=O) groups excluding carboxylic acids is 2. The Balaban J connectivity index is 1.81. The molecule has 1 amide bonds. The summed E-state index contributed by atoms with van der Waals surface area (Å²) in [6.45, 7) is 3.79. The van der Waals surface area contributed by atoms with Crippen molar-refractivity contribution in [3.63, 3.8) is 0 Å². The van der Waals surface area contributed by atoms with E-state index in [1.54, 1.807) is 15.8 Å². The van der Waals surface area contributed by atoms with Crippen LogP contribution in [0.5, 0.6) is 5.75 Å². The molecule has 2 aliphatic rings. The number of aromatic nitrogens is 1. The van der Waals surface area contributed by atoms with E-state index in [1.807, 2.05) is 43.1 Å². The highest BCUT2D eigenvalue weighted by Gasteiger charge is 2.45. The quantitative estimate of drug-likeness (QED) is 0.538. The molecule has 3 aromatic rings. The average Bonchev–Trinajstić information content (AvgIpc) is 3.06. The Hall–Kier alpha value is -4.07. The molecular formula is C29H31N3O5. The van der Waals surface area contributed by atoms with Gasteiger partial charge in [0, 0.05) is 24.7 Å². The summed E-state index contributed by atoms with van der Waals surface area (Å²) in [4.78, 5) is 40.2. The van der Waals surface area contributed by atoms with Crippen molar-refractivity contribution in [2.24, 2.45) is 0 Å². The molecule has 1 aromatic heterocycles. The first kappa shape index (κ1) is 24.6. The van der Waals surface area contributed by atoms with Crippen LogP contribution < -0.4 is 10.4 Å². The summed E-state index contributed by atoms with van der Waals surface area (Å²) >= 11 is 0. The van der Waals surface area contributed by atoms with Crippen molar-refractivity contribution in [1.29, 1.82) is 0 Å². The minimum Gasteiger partial charge on any atom is -0.502 e. The maximum Gasteiger partial charge on any atom is 0.305 e. The number of carbonyl (C=O) groups is 2. The normalized spacial score (nSPS) is 17.2. The number of aromatic hydroxyl groups is 1. The molecule has 1 aliphatic heterocycles. The minimum atomic E-state index is -0.613. The fourth-order valence-electron chi connectivity index (χ4n) is 5.71. The summed E-state index contributed by atoms with van der Waals surface area (Å²) in [6, 6.07) is 17.2. The van der Waals surface area contributed by atoms with Crippen LogP contribution in [0.4, 0.5) is 0 Å². The van der Waals surface area contributed by atoms with E-state index in [2.05, 4.69) is 24.3 Å². The first-order chi connectivity index (χ1) is 17.8. The Morgan fingerprint density at radius 1 is 1.00 bits per heavy atom. The summed E-state index contributed by atoms with van der Waals surface area (Å²) in [5.41, 5.74) is 3.86. The lowest BCUT2D eigenvalue weighted by Crippen LogP contribution is -2.64. The van der Waals surface area contributed by atoms with Gasteiger partial charge in [0.05, 0.1) is 13.2 Å². The van der Waals surface area contributed by atoms with Crippen LogP contribution in [0.25, 0.3) is 0 Å². The van der Waals surface area contributed by atoms with E-state index in [-0.39, 0.29) is 30.2 Å². The first-order valence-corrected chi connectivity index (χ1v) is 12.6. The third kappa shape index (κ3) is 4.16. The van der Waals surface area contributed by atoms with Crippen molar-refractivity contribution in [2.45, 2.75) is 57.8 Å². The zero-order chi connectivity index (χ0) is 26.3. The van der Waals surface area contributed by atoms with Gasteiger partial charge in [0.15, 0.2) is 11.4 Å². The van der Waals surface area contributed by atoms with Crippen molar-refractivity contribution in [3.05, 3.63) is 99.0 Å². The van der Waals surface area contributed by atoms with Crippen molar-refractivity contribution in [2.75, 3.05) is 12.1 Å². The molecule has 1 N–H and O–H groups in total. The molecule has 8 nitrogen and oxygen atoms in total. The van der Waals surface area contributed by atoms with Crippen molar-refractivity contribution < 1.29 is 19.4 Å². The fourth-order valence-corrected chi connectivity index (χ4v) is 5.71. The van der Waals surface area contributed by atoms with Crippen LogP contribution in [-0.2, 0) is 22.4 Å². The van der Waals surface area contributed by atoms with Crippen molar-refractivity contribution in [1.82, 2.24) is 9.58 Å². The van der Waals surface area contributed by atoms with Crippen LogP contribution in [0.1, 0.15) is 65.5 Å². The molecule has 0 saturated heterocycles. The van der Waals surface area contributed by atoms with Crippen LogP contribution >= 0.6 is 0 Å². The lowest BCUT2D eigenvalue weighted by molar-refractivity contribution is -0.141. The summed E-state index contributed by atoms with van der Waals surface area (Å²) < 4.78 is 6.55. The largest absolute Gasteiger partial charge is 0.502 e. The summed E-state index contributed by atoms with van der Waals surface area (Å²) in [5, 5.41) is 12.9. The SMILES string of the molecule is COC(=O)CCC1N(C(C)C)C(=O)c2c(O)c(=O)ccn2N1C1c2ccccc2CCc2ccccc21. The van der Waals surface area contributed by atoms with Crippen LogP contribution in [-0.4, -0.2) is 45.9 Å². The lowest BCUT2D eigenvalue weighted by Gasteiger charge is -2.51. The number of methoxy groups -OCH3 is 1. The first-order valence-electron chi connectivity index (χ1n) is 12.6. The molecule has 0 bridgehead atoms. The third-order valence-electron chi connectivity index (χ3n) is 7.38. The number of fused-ring (bicyclic) bond motifs is 3. The fraction of sp³-hybridized carbons (Fsp3) is 0.345. The van der Waals surface area contributed by atoms with Gasteiger partial charge in [-0.2, -0.15) is 0 Å². The van der Waals surface area contributed by atoms with Gasteiger partial charge in [-0.3, -0.25) is 24.1 Å². The highest BCUT2D eigenvalue weighted by Crippen LogP contribution is 2.41. The number of ether oxygens (including phenoxy) is 1. The van der Waals surface area contributed by atoms with Gasteiger partial charge in [-0.25, -0.2) is 0 Å². The molecule has 5 rings (SSSR count). The summed E-state index contributed by atoms with van der Waals surface area (Å²) in [6.07, 6.45) is 3.13. The molecule has 0 spiro atoms. The summed E-state index contributed by atoms with van der Waals surface area (Å²) in [7, 11) is 1.35. The maximum atomic E-state index is 13.8. The number of hydrogen-bond donors (Lipinski definition) is 1. The molecule has 0 saturated carbocycles. The molecule has 1 atom stereocenters. The highest BCUT2D eigenvalue weighted by atomic mass is 16.5. The Morgan fingerprint density at radius 3 is 2.16 bits per heavy atom. The van der Waals surface area contributed by atoms with Crippen LogP contribution in [0.3, 0.4) is 0 Å². The van der Waals surface area contributed by atoms with Gasteiger partial charge in [0.1, 0.15) is 6.17 Å². The van der Waals surface area contributed by atoms with Gasteiger partial charge in [-0.1, -0.05) is 48.5 Å². The van der Waals surface area contributed by atoms with Crippen molar-refractivity contribution in [3.8, 4) is 5.75 Å². The second-order valence-corrected chi connectivity index (χ2v) is 9.80. The maximum absolute atomic E-state index is 13.8. The van der Waals surface area contributed by atoms with E-state index >= 15 is 0 Å². The molecule has 192 valence electrons. The molecule has 37 heavy (non-hydrogen) atoms. The molecule has 1 unspecified atom stereocenters. The predicted octanol–water partition coefficient (Wildman–Crippen LogP) is 3.52. The number of benzene rings is 2. The predicted molar refractivity (Wildman–Crippen MR) is 139 cm³/mol. The number of nitrogens with zero attached hydrogens (tertiary/aromatic N) is 3. The number of hydrogen-bond acceptors (Lipinski definition) is 6. The number of rotatable bonds is 5. The minimum absolute atomic E-state index is 0.0743. The highest BCUT2D eigenvalue weighted by molar-refractivity contribution is 5.96. The molecule has 2 heterocycles. The van der Waals surface area contributed by atoms with Crippen LogP contribution in [0, 0.1) is 0 Å². The van der Waals surface area contributed by atoms with Crippen LogP contribution in [0.15, 0.2) is 65.6 Å². The molecular weight excluding hydrogens is 470 g/mol. The number of amides is 1. The lowest BCUT2D eigenvalue weighted by atomic mass is 9.92. The van der Waals surface area contributed by atoms with Gasteiger partial charge < -0.3 is 14.7 Å². The van der Waals surface area contributed by atoms with E-state index < -0.39 is 23.3 Å². The van der Waals surface area contributed by atoms with E-state index in [4.69, 9.17) is 4.74 Å². The molecule has 2 aromatic carbocycles. The van der Waals surface area contributed by atoms with Gasteiger partial charge >= 0.3 is 5.97 Å². The summed E-state index contributed by atoms with van der Waals surface area (Å²) in [5.74, 6) is -1.40. The Kier molecular flexibility index (Phi) is 6.50. The zero-order valence-electron chi connectivity index (χ0n) is 21.3. The average molecular weight is 502 g/mol. The van der Waals surface area contributed by atoms with Crippen molar-refractivity contribution >= 4 is 11.9 Å². The Labute approximate surface area is 215 Å². The standard InChI is InChI=1S/C29H31N3O5/c1-18(2)31-24(14-15-25(34)37-3)32(30-17-16-23(33)28(35)27(30)29(31)36)26-21-10-6-4-8-19(21)12-13-20-9-5-7-11-22(20)26/h4-11,16-18,24,26,35H,12-15H2,1-3H3. The van der Waals surface area contributed by atoms with Gasteiger partial charge in [-0.15, -0.1) is 0 Å². The third-order valence-corrected chi connectivity index (χ3v) is 7.38. The zero-order valence-corrected chi connectivity index (χ0v) is 21.3. The molecule has 1 aliphatic carbocycles. The monoisotopic (exact) mass is 501 g/mol. The molecule has 8 heteroatoms. The topological polar surface area (TPSA) is 92.1 Å². The van der Waals surface area contributed by atoms with Gasteiger partial charge in [0.25, 0.3) is 5.91 Å². The van der Waals surface area contributed by atoms with E-state index in [9.17, 15) is 19.5 Å². The Bertz CT molecular complexity index is 1370. The number of aryl methyl sites for hydroxylation is 2. The van der Waals surface area contributed by atoms with Gasteiger partial charge in [0.2, 0.25) is 5.43 Å². The van der Waals surface area contributed by atoms with E-state index in [0.29, 0.717) is 6.42 Å². The molecule has 0 fully saturated rings. The molecule has 0 radical (unpaired) electrons. The van der Waals surface area contributed by atoms with E-state index in [1.165, 1.54) is 24.3 Å². The van der Waals surface area contributed by atoms with Gasteiger partial charge in [-0.05, 0) is 55.4 Å². The number of esters is 1. The Morgan fingerprint density at radius 2 is 1.59 bits per heavy atom. The second-order valence-electron chi connectivity index (χ2n) is 9.80. The second kappa shape index (κ2) is 9.76. The van der Waals surface area contributed by atoms with Crippen LogP contribution in [0.2, 0.25) is 0 Å². The smallest absolute Gasteiger partial charge is 0.305 e. The number of pyridine rings is 1. The van der Waals surface area contributed by atoms with E-state index in [0.717, 1.165) is 24.0 Å².